The van der Waals surface area contributed by atoms with E-state index in [4.69, 9.17) is 16.3 Å². The molecule has 3 rings (SSSR count). The second kappa shape index (κ2) is 8.20. The molecule has 0 saturated carbocycles. The highest BCUT2D eigenvalue weighted by atomic mass is 35.5. The van der Waals surface area contributed by atoms with Crippen LogP contribution in [-0.2, 0) is 12.8 Å². The molecule has 0 bridgehead atoms. The summed E-state index contributed by atoms with van der Waals surface area (Å²) in [6.07, 6.45) is -4.54. The molecular formula is C19H12ClF4NO2S. The van der Waals surface area contributed by atoms with Gasteiger partial charge in [0.2, 0.25) is 0 Å². The molecule has 2 aromatic carbocycles. The van der Waals surface area contributed by atoms with Crippen LogP contribution in [0.5, 0.6) is 5.75 Å². The largest absolute Gasteiger partial charge is 0.489 e. The first-order valence-corrected chi connectivity index (χ1v) is 9.12. The number of carbonyl (C=O) groups is 1. The van der Waals surface area contributed by atoms with E-state index in [0.29, 0.717) is 11.3 Å². The van der Waals surface area contributed by atoms with E-state index in [1.54, 1.807) is 11.4 Å². The van der Waals surface area contributed by atoms with Gasteiger partial charge in [-0.05, 0) is 53.9 Å². The van der Waals surface area contributed by atoms with Crippen molar-refractivity contribution < 1.29 is 27.1 Å². The number of ether oxygens (including phenoxy) is 1. The summed E-state index contributed by atoms with van der Waals surface area (Å²) in [5.74, 6) is -0.497. The number of carbonyl (C=O) groups excluding carboxylic acids is 1. The minimum atomic E-state index is -4.54. The smallest absolute Gasteiger partial charge is 0.416 e. The molecule has 0 saturated heterocycles. The van der Waals surface area contributed by atoms with Crippen LogP contribution in [-0.4, -0.2) is 5.91 Å². The Labute approximate surface area is 166 Å². The van der Waals surface area contributed by atoms with Crippen LogP contribution in [0.2, 0.25) is 5.02 Å². The maximum absolute atomic E-state index is 12.9. The molecule has 0 aliphatic carbocycles. The second-order valence-electron chi connectivity index (χ2n) is 5.71. The van der Waals surface area contributed by atoms with Crippen LogP contribution in [0.25, 0.3) is 0 Å². The molecule has 1 heterocycles. The average molecular weight is 430 g/mol. The monoisotopic (exact) mass is 429 g/mol. The minimum absolute atomic E-state index is 0.00206. The first-order chi connectivity index (χ1) is 13.2. The van der Waals surface area contributed by atoms with Gasteiger partial charge in [0.1, 0.15) is 18.2 Å². The molecule has 0 radical (unpaired) electrons. The van der Waals surface area contributed by atoms with Gasteiger partial charge in [0, 0.05) is 5.56 Å². The van der Waals surface area contributed by atoms with Crippen LogP contribution in [0.3, 0.4) is 0 Å². The Morgan fingerprint density at radius 2 is 1.82 bits per heavy atom. The van der Waals surface area contributed by atoms with Crippen molar-refractivity contribution in [3.8, 4) is 5.75 Å². The number of rotatable bonds is 5. The molecule has 28 heavy (non-hydrogen) atoms. The van der Waals surface area contributed by atoms with Gasteiger partial charge in [0.15, 0.2) is 0 Å². The molecule has 1 N–H and O–H groups in total. The Morgan fingerprint density at radius 3 is 2.50 bits per heavy atom. The average Bonchev–Trinajstić information content (AvgIpc) is 3.11. The van der Waals surface area contributed by atoms with Gasteiger partial charge in [-0.1, -0.05) is 11.6 Å². The van der Waals surface area contributed by atoms with E-state index in [9.17, 15) is 22.4 Å². The SMILES string of the molecule is O=C(Nc1cc(C(F)(F)F)ccc1Cl)c1cc(COc2ccc(F)cc2)cs1. The van der Waals surface area contributed by atoms with Gasteiger partial charge < -0.3 is 10.1 Å². The Bertz CT molecular complexity index is 986. The van der Waals surface area contributed by atoms with Gasteiger partial charge >= 0.3 is 6.18 Å². The number of benzene rings is 2. The number of thiophene rings is 1. The van der Waals surface area contributed by atoms with Gasteiger partial charge in [-0.25, -0.2) is 4.39 Å². The summed E-state index contributed by atoms with van der Waals surface area (Å²) in [5, 5.41) is 4.07. The fraction of sp³-hybridized carbons (Fsp3) is 0.105. The lowest BCUT2D eigenvalue weighted by molar-refractivity contribution is -0.137. The second-order valence-corrected chi connectivity index (χ2v) is 7.03. The third-order valence-corrected chi connectivity index (χ3v) is 4.95. The summed E-state index contributed by atoms with van der Waals surface area (Å²) >= 11 is 7.00. The molecule has 0 aliphatic rings. The molecule has 0 fully saturated rings. The van der Waals surface area contributed by atoms with Gasteiger partial charge in [-0.2, -0.15) is 13.2 Å². The van der Waals surface area contributed by atoms with Gasteiger partial charge in [0.25, 0.3) is 5.91 Å². The summed E-state index contributed by atoms with van der Waals surface area (Å²) in [6, 6.07) is 9.75. The molecule has 0 unspecified atom stereocenters. The lowest BCUT2D eigenvalue weighted by Gasteiger charge is -2.11. The molecule has 146 valence electrons. The van der Waals surface area contributed by atoms with Crippen LogP contribution < -0.4 is 10.1 Å². The third kappa shape index (κ3) is 5.02. The van der Waals surface area contributed by atoms with E-state index in [2.05, 4.69) is 5.32 Å². The molecule has 1 amide bonds. The van der Waals surface area contributed by atoms with E-state index in [-0.39, 0.29) is 28.0 Å². The van der Waals surface area contributed by atoms with Crippen molar-refractivity contribution >= 4 is 34.5 Å². The fourth-order valence-corrected chi connectivity index (χ4v) is 3.21. The topological polar surface area (TPSA) is 38.3 Å². The number of nitrogens with one attached hydrogen (secondary N) is 1. The maximum Gasteiger partial charge on any atom is 0.416 e. The normalized spacial score (nSPS) is 11.3. The van der Waals surface area contributed by atoms with Crippen molar-refractivity contribution in [1.82, 2.24) is 0 Å². The van der Waals surface area contributed by atoms with Crippen molar-refractivity contribution in [3.63, 3.8) is 0 Å². The zero-order chi connectivity index (χ0) is 20.3. The zero-order valence-corrected chi connectivity index (χ0v) is 15.6. The number of amides is 1. The summed E-state index contributed by atoms with van der Waals surface area (Å²) < 4.78 is 56.8. The number of anilines is 1. The number of halogens is 5. The summed E-state index contributed by atoms with van der Waals surface area (Å²) in [4.78, 5) is 12.6. The van der Waals surface area contributed by atoms with Gasteiger partial charge in [-0.15, -0.1) is 11.3 Å². The lowest BCUT2D eigenvalue weighted by atomic mass is 10.2. The van der Waals surface area contributed by atoms with Crippen LogP contribution in [0.15, 0.2) is 53.9 Å². The molecule has 0 spiro atoms. The number of hydrogen-bond donors (Lipinski definition) is 1. The first-order valence-electron chi connectivity index (χ1n) is 7.86. The summed E-state index contributed by atoms with van der Waals surface area (Å²) in [5.41, 5.74) is -0.347. The number of alkyl halides is 3. The Balaban J connectivity index is 1.66. The standard InChI is InChI=1S/C19H12ClF4NO2S/c20-15-6-1-12(19(22,23)24)8-16(15)25-18(26)17-7-11(10-28-17)9-27-14-4-2-13(21)3-5-14/h1-8,10H,9H2,(H,25,26). The third-order valence-electron chi connectivity index (χ3n) is 3.64. The van der Waals surface area contributed by atoms with Crippen molar-refractivity contribution in [2.45, 2.75) is 12.8 Å². The van der Waals surface area contributed by atoms with Crippen molar-refractivity contribution in [3.05, 3.63) is 80.8 Å². The molecule has 9 heteroatoms. The molecule has 0 aliphatic heterocycles. The van der Waals surface area contributed by atoms with Gasteiger partial charge in [-0.3, -0.25) is 4.79 Å². The summed E-state index contributed by atoms with van der Waals surface area (Å²) in [7, 11) is 0. The maximum atomic E-state index is 12.9. The number of hydrogen-bond acceptors (Lipinski definition) is 3. The van der Waals surface area contributed by atoms with Crippen molar-refractivity contribution in [2.24, 2.45) is 0 Å². The highest BCUT2D eigenvalue weighted by molar-refractivity contribution is 7.12. The molecular weight excluding hydrogens is 418 g/mol. The molecule has 3 aromatic rings. The van der Waals surface area contributed by atoms with Gasteiger partial charge in [0.05, 0.1) is 21.2 Å². The molecule has 3 nitrogen and oxygen atoms in total. The highest BCUT2D eigenvalue weighted by Crippen LogP contribution is 2.34. The molecule has 0 atom stereocenters. The predicted octanol–water partition coefficient (Wildman–Crippen LogP) is 6.39. The first kappa shape index (κ1) is 20.2. The Morgan fingerprint density at radius 1 is 1.11 bits per heavy atom. The Kier molecular flexibility index (Phi) is 5.90. The van der Waals surface area contributed by atoms with E-state index < -0.39 is 17.6 Å². The predicted molar refractivity (Wildman–Crippen MR) is 99.5 cm³/mol. The van der Waals surface area contributed by atoms with E-state index in [1.165, 1.54) is 24.3 Å². The van der Waals surface area contributed by atoms with Crippen LogP contribution in [0, 0.1) is 5.82 Å². The lowest BCUT2D eigenvalue weighted by Crippen LogP contribution is -2.12. The van der Waals surface area contributed by atoms with E-state index in [1.807, 2.05) is 0 Å². The summed E-state index contributed by atoms with van der Waals surface area (Å²) in [6.45, 7) is 0.153. The van der Waals surface area contributed by atoms with Crippen LogP contribution >= 0.6 is 22.9 Å². The minimum Gasteiger partial charge on any atom is -0.489 e. The van der Waals surface area contributed by atoms with Crippen LogP contribution in [0.4, 0.5) is 23.2 Å². The van der Waals surface area contributed by atoms with Crippen molar-refractivity contribution in [1.29, 1.82) is 0 Å². The zero-order valence-electron chi connectivity index (χ0n) is 14.0. The molecule has 1 aromatic heterocycles. The quantitative estimate of drug-likeness (QED) is 0.477. The van der Waals surface area contributed by atoms with Crippen molar-refractivity contribution in [2.75, 3.05) is 5.32 Å². The van der Waals surface area contributed by atoms with Crippen LogP contribution in [0.1, 0.15) is 20.8 Å². The Hall–Kier alpha value is -2.58. The highest BCUT2D eigenvalue weighted by Gasteiger charge is 2.31. The fourth-order valence-electron chi connectivity index (χ4n) is 2.25. The van der Waals surface area contributed by atoms with E-state index >= 15 is 0 Å². The van der Waals surface area contributed by atoms with E-state index in [0.717, 1.165) is 29.5 Å².